The number of allylic oxidation sites excluding steroid dienone is 3. The van der Waals surface area contributed by atoms with E-state index in [1.54, 1.807) is 24.6 Å². The molecule has 1 aromatic rings. The van der Waals surface area contributed by atoms with Crippen molar-refractivity contribution in [3.63, 3.8) is 0 Å². The van der Waals surface area contributed by atoms with Crippen LogP contribution in [0.3, 0.4) is 0 Å². The lowest BCUT2D eigenvalue weighted by molar-refractivity contribution is 0.133. The lowest BCUT2D eigenvalue weighted by Gasteiger charge is -2.06. The quantitative estimate of drug-likeness (QED) is 0.254. The van der Waals surface area contributed by atoms with Gasteiger partial charge in [0.25, 0.3) is 0 Å². The number of aliphatic imine (C=N–C) groups is 1. The second kappa shape index (κ2) is 26.0. The van der Waals surface area contributed by atoms with Gasteiger partial charge >= 0.3 is 0 Å². The molecule has 0 amide bonds. The van der Waals surface area contributed by atoms with Crippen LogP contribution in [0.2, 0.25) is 0 Å². The molecule has 0 saturated heterocycles. The first-order chi connectivity index (χ1) is 12.6. The maximum absolute atomic E-state index is 5.21. The van der Waals surface area contributed by atoms with E-state index in [9.17, 15) is 0 Å². The van der Waals surface area contributed by atoms with Crippen molar-refractivity contribution in [2.24, 2.45) is 10.9 Å². The minimum absolute atomic E-state index is 0.830. The van der Waals surface area contributed by atoms with Gasteiger partial charge < -0.3 is 4.74 Å². The van der Waals surface area contributed by atoms with Crippen molar-refractivity contribution in [3.8, 4) is 0 Å². The molecule has 0 radical (unpaired) electrons. The number of ether oxygens (including phenoxy) is 1. The summed E-state index contributed by atoms with van der Waals surface area (Å²) in [6.07, 6.45) is 10.5. The molecule has 1 unspecified atom stereocenters. The number of hydrogen-bond donors (Lipinski definition) is 0. The minimum atomic E-state index is 0.830. The fraction of sp³-hybridized carbons (Fsp3) is 0.609. The summed E-state index contributed by atoms with van der Waals surface area (Å²) in [5, 5.41) is 2.08. The summed E-state index contributed by atoms with van der Waals surface area (Å²) in [4.78, 5) is 5.17. The molecule has 0 aromatic carbocycles. The van der Waals surface area contributed by atoms with Gasteiger partial charge in [-0.05, 0) is 55.4 Å². The Labute approximate surface area is 168 Å². The van der Waals surface area contributed by atoms with Crippen LogP contribution < -0.4 is 0 Å². The summed E-state index contributed by atoms with van der Waals surface area (Å²) >= 11 is 1.74. The SMILES string of the molecule is CC.CC.CCOCCC(C)CC.CN=C/C=C(C)/C=C/c1cccs1. The number of hydrogen-bond acceptors (Lipinski definition) is 3. The van der Waals surface area contributed by atoms with E-state index in [2.05, 4.69) is 55.4 Å². The molecule has 1 atom stereocenters. The van der Waals surface area contributed by atoms with E-state index < -0.39 is 0 Å². The molecule has 3 heteroatoms. The zero-order valence-electron chi connectivity index (χ0n) is 18.7. The Bertz CT molecular complexity index is 433. The van der Waals surface area contributed by atoms with E-state index in [-0.39, 0.29) is 0 Å². The van der Waals surface area contributed by atoms with E-state index >= 15 is 0 Å². The second-order valence-electron chi connectivity index (χ2n) is 5.17. The highest BCUT2D eigenvalue weighted by molar-refractivity contribution is 7.10. The maximum atomic E-state index is 5.21. The molecule has 1 aromatic heterocycles. The third-order valence-corrected chi connectivity index (χ3v) is 4.03. The Morgan fingerprint density at radius 2 is 1.88 bits per heavy atom. The summed E-state index contributed by atoms with van der Waals surface area (Å²) in [5.74, 6) is 0.830. The third kappa shape index (κ3) is 22.8. The molecule has 26 heavy (non-hydrogen) atoms. The second-order valence-corrected chi connectivity index (χ2v) is 6.14. The Hall–Kier alpha value is -1.19. The normalized spacial score (nSPS) is 11.8. The molecule has 0 spiro atoms. The van der Waals surface area contributed by atoms with E-state index in [4.69, 9.17) is 4.74 Å². The molecule has 0 aliphatic rings. The monoisotopic (exact) mass is 381 g/mol. The molecule has 2 nitrogen and oxygen atoms in total. The molecule has 1 heterocycles. The van der Waals surface area contributed by atoms with E-state index in [0.29, 0.717) is 0 Å². The van der Waals surface area contributed by atoms with Gasteiger partial charge in [0, 0.05) is 31.4 Å². The summed E-state index contributed by atoms with van der Waals surface area (Å²) < 4.78 is 5.21. The Morgan fingerprint density at radius 1 is 1.23 bits per heavy atom. The highest BCUT2D eigenvalue weighted by Gasteiger charge is 1.96. The van der Waals surface area contributed by atoms with Gasteiger partial charge in [-0.1, -0.05) is 60.1 Å². The average molecular weight is 382 g/mol. The van der Waals surface area contributed by atoms with Crippen LogP contribution in [-0.2, 0) is 4.74 Å². The number of thiophene rings is 1. The Balaban J connectivity index is -0.000000357. The smallest absolute Gasteiger partial charge is 0.0468 e. The molecule has 0 N–H and O–H groups in total. The van der Waals surface area contributed by atoms with Gasteiger partial charge in [-0.3, -0.25) is 4.99 Å². The summed E-state index contributed by atoms with van der Waals surface area (Å²) in [6, 6.07) is 4.15. The standard InChI is InChI=1S/C11H13NS.C8H18O.2C2H6/c1-10(7-8-12-2)5-6-11-4-3-9-13-11;1-4-8(3)6-7-9-5-2;2*1-2/h3-9H,1-2H3;8H,4-7H2,1-3H3;2*1-2H3/b6-5+,10-7+,12-8?;;;. The molecule has 0 saturated carbocycles. The Morgan fingerprint density at radius 3 is 2.35 bits per heavy atom. The van der Waals surface area contributed by atoms with Crippen molar-refractivity contribution >= 4 is 23.6 Å². The van der Waals surface area contributed by atoms with Crippen LogP contribution in [0, 0.1) is 5.92 Å². The van der Waals surface area contributed by atoms with Crippen LogP contribution in [-0.4, -0.2) is 26.5 Å². The third-order valence-electron chi connectivity index (χ3n) is 3.20. The molecular formula is C23H43NOS. The Kier molecular flexibility index (Phi) is 29.6. The van der Waals surface area contributed by atoms with Crippen molar-refractivity contribution in [2.45, 2.75) is 68.2 Å². The van der Waals surface area contributed by atoms with E-state index in [1.165, 1.54) is 23.3 Å². The first-order valence-corrected chi connectivity index (χ1v) is 10.9. The van der Waals surface area contributed by atoms with Gasteiger partial charge in [-0.15, -0.1) is 11.3 Å². The number of nitrogens with zero attached hydrogens (tertiary/aromatic N) is 1. The van der Waals surface area contributed by atoms with Gasteiger partial charge in [-0.25, -0.2) is 0 Å². The molecule has 0 aliphatic heterocycles. The minimum Gasteiger partial charge on any atom is -0.382 e. The lowest BCUT2D eigenvalue weighted by atomic mass is 10.1. The van der Waals surface area contributed by atoms with Crippen LogP contribution in [0.4, 0.5) is 0 Å². The average Bonchev–Trinajstić information content (AvgIpc) is 3.22. The number of rotatable bonds is 8. The fourth-order valence-corrected chi connectivity index (χ4v) is 2.10. The predicted molar refractivity (Wildman–Crippen MR) is 125 cm³/mol. The van der Waals surface area contributed by atoms with E-state index in [1.807, 2.05) is 40.7 Å². The van der Waals surface area contributed by atoms with Gasteiger partial charge in [0.15, 0.2) is 0 Å². The lowest BCUT2D eigenvalue weighted by Crippen LogP contribution is -1.99. The molecular weight excluding hydrogens is 338 g/mol. The first-order valence-electron chi connectivity index (χ1n) is 10.0. The van der Waals surface area contributed by atoms with Crippen LogP contribution in [0.15, 0.2) is 40.2 Å². The van der Waals surface area contributed by atoms with Crippen molar-refractivity contribution < 1.29 is 4.74 Å². The molecule has 0 bridgehead atoms. The summed E-state index contributed by atoms with van der Waals surface area (Å²) in [5.41, 5.74) is 1.21. The topological polar surface area (TPSA) is 21.6 Å². The van der Waals surface area contributed by atoms with Gasteiger partial charge in [0.1, 0.15) is 0 Å². The van der Waals surface area contributed by atoms with Crippen LogP contribution in [0.25, 0.3) is 6.08 Å². The zero-order valence-corrected chi connectivity index (χ0v) is 19.5. The van der Waals surface area contributed by atoms with Crippen molar-refractivity contribution in [1.29, 1.82) is 0 Å². The predicted octanol–water partition coefficient (Wildman–Crippen LogP) is 7.92. The molecule has 0 aliphatic carbocycles. The highest BCUT2D eigenvalue weighted by Crippen LogP contribution is 2.11. The molecule has 0 fully saturated rings. The maximum Gasteiger partial charge on any atom is 0.0468 e. The first kappa shape index (κ1) is 29.6. The van der Waals surface area contributed by atoms with Crippen LogP contribution in [0.1, 0.15) is 73.1 Å². The molecule has 1 rings (SSSR count). The van der Waals surface area contributed by atoms with Gasteiger partial charge in [0.2, 0.25) is 0 Å². The highest BCUT2D eigenvalue weighted by atomic mass is 32.1. The zero-order chi connectivity index (χ0) is 20.6. The summed E-state index contributed by atoms with van der Waals surface area (Å²) in [7, 11) is 1.77. The van der Waals surface area contributed by atoms with E-state index in [0.717, 1.165) is 19.1 Å². The van der Waals surface area contributed by atoms with Crippen molar-refractivity contribution in [1.82, 2.24) is 0 Å². The largest absolute Gasteiger partial charge is 0.382 e. The van der Waals surface area contributed by atoms with Crippen molar-refractivity contribution in [3.05, 3.63) is 40.1 Å². The molecule has 152 valence electrons. The summed E-state index contributed by atoms with van der Waals surface area (Å²) in [6.45, 7) is 18.4. The van der Waals surface area contributed by atoms with Gasteiger partial charge in [0.05, 0.1) is 0 Å². The fourth-order valence-electron chi connectivity index (χ4n) is 1.48. The van der Waals surface area contributed by atoms with Crippen molar-refractivity contribution in [2.75, 3.05) is 20.3 Å². The van der Waals surface area contributed by atoms with Crippen LogP contribution in [0.5, 0.6) is 0 Å². The van der Waals surface area contributed by atoms with Crippen LogP contribution >= 0.6 is 11.3 Å². The van der Waals surface area contributed by atoms with Gasteiger partial charge in [-0.2, -0.15) is 0 Å².